The highest BCUT2D eigenvalue weighted by atomic mass is 32.1. The standard InChI is InChI=1S/C12H12N6S/c13-18-9-4-2-1-3-8(9)7-10(18)16-12(19)17-11-14-5-6-15-11/h1-7H,13H2,(H3,14,15,16,17,19). The van der Waals surface area contributed by atoms with Crippen molar-refractivity contribution in [3.63, 3.8) is 0 Å². The number of thiocarbonyl (C=S) groups is 1. The number of hydrogen-bond acceptors (Lipinski definition) is 3. The number of nitrogens with zero attached hydrogens (tertiary/aromatic N) is 2. The number of rotatable bonds is 2. The first-order chi connectivity index (χ1) is 9.24. The molecular weight excluding hydrogens is 260 g/mol. The molecule has 0 unspecified atom stereocenters. The number of aromatic nitrogens is 3. The van der Waals surface area contributed by atoms with Gasteiger partial charge in [0, 0.05) is 17.8 Å². The molecule has 7 heteroatoms. The molecule has 2 heterocycles. The van der Waals surface area contributed by atoms with Crippen molar-refractivity contribution in [3.8, 4) is 0 Å². The van der Waals surface area contributed by atoms with Crippen LogP contribution in [0.2, 0.25) is 0 Å². The molecule has 2 aromatic heterocycles. The maximum Gasteiger partial charge on any atom is 0.206 e. The second-order valence-electron chi connectivity index (χ2n) is 3.98. The van der Waals surface area contributed by atoms with Crippen molar-refractivity contribution >= 4 is 40.0 Å². The summed E-state index contributed by atoms with van der Waals surface area (Å²) in [5.74, 6) is 7.30. The van der Waals surface area contributed by atoms with Crippen LogP contribution in [0.25, 0.3) is 10.9 Å². The summed E-state index contributed by atoms with van der Waals surface area (Å²) in [6, 6.07) is 9.78. The van der Waals surface area contributed by atoms with E-state index in [0.717, 1.165) is 10.9 Å². The van der Waals surface area contributed by atoms with Gasteiger partial charge < -0.3 is 21.5 Å². The van der Waals surface area contributed by atoms with E-state index in [1.54, 1.807) is 17.1 Å². The van der Waals surface area contributed by atoms with Crippen LogP contribution < -0.4 is 16.5 Å². The predicted molar refractivity (Wildman–Crippen MR) is 80.5 cm³/mol. The Morgan fingerprint density at radius 3 is 2.89 bits per heavy atom. The van der Waals surface area contributed by atoms with Crippen LogP contribution in [0.1, 0.15) is 0 Å². The number of nitrogens with two attached hydrogens (primary N) is 1. The lowest BCUT2D eigenvalue weighted by molar-refractivity contribution is 1.08. The molecule has 0 fully saturated rings. The first-order valence-electron chi connectivity index (χ1n) is 5.67. The van der Waals surface area contributed by atoms with Crippen LogP contribution in [0.4, 0.5) is 11.8 Å². The summed E-state index contributed by atoms with van der Waals surface area (Å²) in [6.07, 6.45) is 3.36. The van der Waals surface area contributed by atoms with Crippen molar-refractivity contribution in [1.29, 1.82) is 0 Å². The topological polar surface area (TPSA) is 83.7 Å². The summed E-state index contributed by atoms with van der Waals surface area (Å²) in [4.78, 5) is 6.94. The van der Waals surface area contributed by atoms with E-state index in [1.165, 1.54) is 0 Å². The van der Waals surface area contributed by atoms with Gasteiger partial charge in [0.1, 0.15) is 5.82 Å². The summed E-state index contributed by atoms with van der Waals surface area (Å²) in [5.41, 5.74) is 0.936. The Balaban J connectivity index is 1.81. The third kappa shape index (κ3) is 2.23. The quantitative estimate of drug-likeness (QED) is 0.423. The van der Waals surface area contributed by atoms with Gasteiger partial charge in [-0.05, 0) is 24.4 Å². The summed E-state index contributed by atoms with van der Waals surface area (Å²) in [7, 11) is 0. The van der Waals surface area contributed by atoms with Crippen LogP contribution in [0, 0.1) is 0 Å². The van der Waals surface area contributed by atoms with Gasteiger partial charge in [0.2, 0.25) is 5.95 Å². The first-order valence-corrected chi connectivity index (χ1v) is 6.08. The van der Waals surface area contributed by atoms with E-state index in [9.17, 15) is 0 Å². The zero-order valence-electron chi connectivity index (χ0n) is 9.92. The molecule has 0 saturated heterocycles. The molecular formula is C12H12N6S. The van der Waals surface area contributed by atoms with E-state index in [1.807, 2.05) is 30.3 Å². The fourth-order valence-electron chi connectivity index (χ4n) is 1.86. The fourth-order valence-corrected chi connectivity index (χ4v) is 2.06. The van der Waals surface area contributed by atoms with Crippen LogP contribution in [-0.4, -0.2) is 19.8 Å². The molecule has 6 nitrogen and oxygen atoms in total. The molecule has 0 atom stereocenters. The normalized spacial score (nSPS) is 10.5. The van der Waals surface area contributed by atoms with Crippen LogP contribution in [-0.2, 0) is 0 Å². The number of H-pyrrole nitrogens is 1. The SMILES string of the molecule is Nn1c(NC(=S)Nc2ncc[nH]2)cc2ccccc21. The van der Waals surface area contributed by atoms with Crippen molar-refractivity contribution < 1.29 is 0 Å². The van der Waals surface area contributed by atoms with Gasteiger partial charge in [-0.3, -0.25) is 0 Å². The summed E-state index contributed by atoms with van der Waals surface area (Å²) >= 11 is 5.20. The zero-order chi connectivity index (χ0) is 13.2. The van der Waals surface area contributed by atoms with E-state index in [2.05, 4.69) is 20.6 Å². The Hall–Kier alpha value is -2.54. The number of benzene rings is 1. The molecule has 96 valence electrons. The van der Waals surface area contributed by atoms with Crippen LogP contribution >= 0.6 is 12.2 Å². The van der Waals surface area contributed by atoms with E-state index < -0.39 is 0 Å². The van der Waals surface area contributed by atoms with Gasteiger partial charge in [0.05, 0.1) is 5.52 Å². The predicted octanol–water partition coefficient (Wildman–Crippen LogP) is 1.89. The summed E-state index contributed by atoms with van der Waals surface area (Å²) < 4.78 is 1.56. The third-order valence-electron chi connectivity index (χ3n) is 2.72. The smallest absolute Gasteiger partial charge is 0.206 e. The lowest BCUT2D eigenvalue weighted by atomic mass is 10.2. The fraction of sp³-hybridized carbons (Fsp3) is 0. The van der Waals surface area contributed by atoms with Gasteiger partial charge in [-0.15, -0.1) is 0 Å². The molecule has 3 aromatic rings. The van der Waals surface area contributed by atoms with Crippen LogP contribution in [0.15, 0.2) is 42.7 Å². The molecule has 0 aliphatic carbocycles. The van der Waals surface area contributed by atoms with Gasteiger partial charge in [-0.25, -0.2) is 9.66 Å². The second-order valence-corrected chi connectivity index (χ2v) is 4.38. The number of para-hydroxylation sites is 1. The highest BCUT2D eigenvalue weighted by Crippen LogP contribution is 2.20. The summed E-state index contributed by atoms with van der Waals surface area (Å²) in [5, 5.41) is 7.43. The Bertz CT molecular complexity index is 715. The minimum absolute atomic E-state index is 0.421. The van der Waals surface area contributed by atoms with Gasteiger partial charge in [-0.1, -0.05) is 18.2 Å². The highest BCUT2D eigenvalue weighted by molar-refractivity contribution is 7.80. The monoisotopic (exact) mass is 272 g/mol. The average molecular weight is 272 g/mol. The van der Waals surface area contributed by atoms with Gasteiger partial charge in [0.15, 0.2) is 5.11 Å². The minimum Gasteiger partial charge on any atom is -0.337 e. The van der Waals surface area contributed by atoms with E-state index >= 15 is 0 Å². The molecule has 0 radical (unpaired) electrons. The number of anilines is 2. The Kier molecular flexibility index (Phi) is 2.81. The van der Waals surface area contributed by atoms with E-state index in [0.29, 0.717) is 16.9 Å². The van der Waals surface area contributed by atoms with Gasteiger partial charge in [0.25, 0.3) is 0 Å². The third-order valence-corrected chi connectivity index (χ3v) is 2.92. The number of hydrogen-bond donors (Lipinski definition) is 4. The van der Waals surface area contributed by atoms with Crippen molar-refractivity contribution in [2.75, 3.05) is 16.5 Å². The zero-order valence-corrected chi connectivity index (χ0v) is 10.7. The molecule has 0 spiro atoms. The van der Waals surface area contributed by atoms with Gasteiger partial charge in [-0.2, -0.15) is 0 Å². The largest absolute Gasteiger partial charge is 0.337 e. The molecule has 0 amide bonds. The second kappa shape index (κ2) is 4.62. The number of imidazole rings is 1. The Morgan fingerprint density at radius 2 is 2.16 bits per heavy atom. The molecule has 19 heavy (non-hydrogen) atoms. The van der Waals surface area contributed by atoms with E-state index in [-0.39, 0.29) is 0 Å². The molecule has 5 N–H and O–H groups in total. The first kappa shape index (κ1) is 11.5. The lowest BCUT2D eigenvalue weighted by Gasteiger charge is -2.09. The van der Waals surface area contributed by atoms with Crippen LogP contribution in [0.3, 0.4) is 0 Å². The molecule has 0 aliphatic rings. The maximum absolute atomic E-state index is 6.00. The molecule has 3 rings (SSSR count). The van der Waals surface area contributed by atoms with Gasteiger partial charge >= 0.3 is 0 Å². The van der Waals surface area contributed by atoms with Crippen molar-refractivity contribution in [2.45, 2.75) is 0 Å². The minimum atomic E-state index is 0.421. The molecule has 1 aromatic carbocycles. The number of aromatic amines is 1. The number of nitrogen functional groups attached to an aromatic ring is 1. The summed E-state index contributed by atoms with van der Waals surface area (Å²) in [6.45, 7) is 0. The molecule has 0 bridgehead atoms. The lowest BCUT2D eigenvalue weighted by Crippen LogP contribution is -2.23. The average Bonchev–Trinajstić information content (AvgIpc) is 3.00. The number of fused-ring (bicyclic) bond motifs is 1. The van der Waals surface area contributed by atoms with Crippen molar-refractivity contribution in [2.24, 2.45) is 0 Å². The maximum atomic E-state index is 6.00. The van der Waals surface area contributed by atoms with Crippen molar-refractivity contribution in [3.05, 3.63) is 42.7 Å². The Labute approximate surface area is 114 Å². The highest BCUT2D eigenvalue weighted by Gasteiger charge is 2.07. The van der Waals surface area contributed by atoms with Crippen molar-refractivity contribution in [1.82, 2.24) is 14.6 Å². The van der Waals surface area contributed by atoms with E-state index in [4.69, 9.17) is 18.1 Å². The molecule has 0 aliphatic heterocycles. The Morgan fingerprint density at radius 1 is 1.32 bits per heavy atom. The van der Waals surface area contributed by atoms with Crippen LogP contribution in [0.5, 0.6) is 0 Å². The molecule has 0 saturated carbocycles. The number of nitrogens with one attached hydrogen (secondary N) is 3.